The normalized spacial score (nSPS) is 9.71. The third kappa shape index (κ3) is 1.57. The van der Waals surface area contributed by atoms with Crippen molar-refractivity contribution in [3.05, 3.63) is 67.0 Å². The molecule has 0 radical (unpaired) electrons. The minimum Gasteiger partial charge on any atom is -0.167 e. The maximum absolute atomic E-state index is 3.80. The van der Waals surface area contributed by atoms with Gasteiger partial charge in [-0.1, -0.05) is 30.9 Å². The van der Waals surface area contributed by atoms with E-state index < -0.39 is 0 Å². The molecular weight excluding hydrogens is 170 g/mol. The van der Waals surface area contributed by atoms with Crippen molar-refractivity contribution in [3.63, 3.8) is 0 Å². The predicted molar refractivity (Wildman–Crippen MR) is 58.1 cm³/mol. The zero-order valence-electron chi connectivity index (χ0n) is 7.93. The van der Waals surface area contributed by atoms with Crippen molar-refractivity contribution < 1.29 is 4.57 Å². The predicted octanol–water partition coefficient (Wildman–Crippen LogP) is 2.61. The van der Waals surface area contributed by atoms with E-state index in [1.54, 1.807) is 0 Å². The number of rotatable bonds is 2. The van der Waals surface area contributed by atoms with Crippen molar-refractivity contribution in [1.29, 1.82) is 0 Å². The van der Waals surface area contributed by atoms with Crippen molar-refractivity contribution in [2.24, 2.45) is 0 Å². The van der Waals surface area contributed by atoms with E-state index in [-0.39, 0.29) is 0 Å². The van der Waals surface area contributed by atoms with Crippen molar-refractivity contribution in [3.8, 4) is 5.69 Å². The summed E-state index contributed by atoms with van der Waals surface area (Å²) in [4.78, 5) is 0. The molecule has 1 heterocycles. The number of nitrogens with zero attached hydrogens (tertiary/aromatic N) is 1. The van der Waals surface area contributed by atoms with Crippen LogP contribution >= 0.6 is 0 Å². The molecular formula is C13H12N+. The first-order valence-corrected chi connectivity index (χ1v) is 4.60. The number of benzene rings is 1. The van der Waals surface area contributed by atoms with Gasteiger partial charge in [0, 0.05) is 23.8 Å². The maximum atomic E-state index is 3.80. The molecule has 1 nitrogen and oxygen atoms in total. The summed E-state index contributed by atoms with van der Waals surface area (Å²) >= 11 is 0. The Labute approximate surface area is 84.0 Å². The van der Waals surface area contributed by atoms with Gasteiger partial charge in [-0.05, 0) is 6.07 Å². The molecule has 1 aromatic carbocycles. The number of hydrogen-bond donors (Lipinski definition) is 0. The van der Waals surface area contributed by atoms with Crippen LogP contribution < -0.4 is 4.57 Å². The fourth-order valence-electron chi connectivity index (χ4n) is 1.45. The van der Waals surface area contributed by atoms with Gasteiger partial charge in [-0.25, -0.2) is 0 Å². The minimum absolute atomic E-state index is 1.14. The van der Waals surface area contributed by atoms with Crippen molar-refractivity contribution >= 4 is 6.08 Å². The van der Waals surface area contributed by atoms with Crippen LogP contribution in [0.1, 0.15) is 5.56 Å². The zero-order chi connectivity index (χ0) is 9.80. The molecule has 0 fully saturated rings. The van der Waals surface area contributed by atoms with Gasteiger partial charge >= 0.3 is 0 Å². The molecule has 0 aliphatic rings. The molecule has 2 aromatic rings. The molecule has 1 aromatic heterocycles. The summed E-state index contributed by atoms with van der Waals surface area (Å²) in [6, 6.07) is 14.2. The molecule has 2 rings (SSSR count). The largest absolute Gasteiger partial charge is 0.217 e. The average molecular weight is 182 g/mol. The third-order valence-corrected chi connectivity index (χ3v) is 2.15. The van der Waals surface area contributed by atoms with Crippen LogP contribution in [0.4, 0.5) is 0 Å². The Morgan fingerprint density at radius 2 is 1.64 bits per heavy atom. The number of para-hydroxylation sites is 1. The van der Waals surface area contributed by atoms with E-state index >= 15 is 0 Å². The fraction of sp³-hybridized carbons (Fsp3) is 0. The standard InChI is InChI=1S/C13H12N/c1-2-12-8-4-5-9-13(12)14-10-6-3-7-11-14/h2-11H,1H2/q+1. The highest BCUT2D eigenvalue weighted by molar-refractivity contribution is 5.55. The highest BCUT2D eigenvalue weighted by atomic mass is 14.9. The Morgan fingerprint density at radius 1 is 0.929 bits per heavy atom. The summed E-state index contributed by atoms with van der Waals surface area (Å²) in [6.45, 7) is 3.80. The van der Waals surface area contributed by atoms with Crippen LogP contribution in [0, 0.1) is 0 Å². The molecule has 0 aliphatic carbocycles. The second kappa shape index (κ2) is 3.88. The highest BCUT2D eigenvalue weighted by Gasteiger charge is 2.07. The quantitative estimate of drug-likeness (QED) is 0.628. The third-order valence-electron chi connectivity index (χ3n) is 2.15. The topological polar surface area (TPSA) is 3.88 Å². The fourth-order valence-corrected chi connectivity index (χ4v) is 1.45. The van der Waals surface area contributed by atoms with Crippen molar-refractivity contribution in [2.75, 3.05) is 0 Å². The first-order valence-electron chi connectivity index (χ1n) is 4.60. The van der Waals surface area contributed by atoms with E-state index in [4.69, 9.17) is 0 Å². The molecule has 0 saturated heterocycles. The summed E-state index contributed by atoms with van der Waals surface area (Å²) in [5, 5.41) is 0. The molecule has 0 saturated carbocycles. The van der Waals surface area contributed by atoms with Crippen LogP contribution in [0.5, 0.6) is 0 Å². The number of aromatic nitrogens is 1. The smallest absolute Gasteiger partial charge is 0.167 e. The Kier molecular flexibility index (Phi) is 2.41. The van der Waals surface area contributed by atoms with E-state index in [1.165, 1.54) is 0 Å². The second-order valence-corrected chi connectivity index (χ2v) is 3.05. The summed E-state index contributed by atoms with van der Waals surface area (Å²) in [6.07, 6.45) is 5.93. The van der Waals surface area contributed by atoms with E-state index in [9.17, 15) is 0 Å². The van der Waals surface area contributed by atoms with Crippen LogP contribution in [-0.2, 0) is 0 Å². The van der Waals surface area contributed by atoms with Gasteiger partial charge < -0.3 is 0 Å². The van der Waals surface area contributed by atoms with E-state index in [1.807, 2.05) is 48.8 Å². The van der Waals surface area contributed by atoms with Crippen LogP contribution in [0.3, 0.4) is 0 Å². The van der Waals surface area contributed by atoms with Crippen LogP contribution in [0.25, 0.3) is 11.8 Å². The maximum Gasteiger partial charge on any atom is 0.217 e. The van der Waals surface area contributed by atoms with Crippen LogP contribution in [-0.4, -0.2) is 0 Å². The Bertz CT molecular complexity index is 432. The average Bonchev–Trinajstić information content (AvgIpc) is 2.30. The van der Waals surface area contributed by atoms with E-state index in [0.717, 1.165) is 11.3 Å². The zero-order valence-corrected chi connectivity index (χ0v) is 7.93. The Balaban J connectivity index is 2.57. The highest BCUT2D eigenvalue weighted by Crippen LogP contribution is 2.08. The summed E-state index contributed by atoms with van der Waals surface area (Å²) in [5.74, 6) is 0. The SMILES string of the molecule is C=Cc1ccccc1-[n+]1ccccc1. The van der Waals surface area contributed by atoms with Gasteiger partial charge in [0.05, 0.1) is 0 Å². The summed E-state index contributed by atoms with van der Waals surface area (Å²) < 4.78 is 2.08. The van der Waals surface area contributed by atoms with Crippen molar-refractivity contribution in [2.45, 2.75) is 0 Å². The molecule has 0 aliphatic heterocycles. The van der Waals surface area contributed by atoms with Gasteiger partial charge in [0.25, 0.3) is 0 Å². The second-order valence-electron chi connectivity index (χ2n) is 3.05. The van der Waals surface area contributed by atoms with E-state index in [0.29, 0.717) is 0 Å². The van der Waals surface area contributed by atoms with E-state index in [2.05, 4.69) is 23.3 Å². The molecule has 0 N–H and O–H groups in total. The lowest BCUT2D eigenvalue weighted by atomic mass is 10.1. The monoisotopic (exact) mass is 182 g/mol. The minimum atomic E-state index is 1.14. The van der Waals surface area contributed by atoms with Crippen LogP contribution in [0.15, 0.2) is 61.4 Å². The molecule has 0 unspecified atom stereocenters. The van der Waals surface area contributed by atoms with Gasteiger partial charge in [-0.2, -0.15) is 4.57 Å². The van der Waals surface area contributed by atoms with Gasteiger partial charge in [0.1, 0.15) is 0 Å². The molecule has 0 spiro atoms. The Hall–Kier alpha value is -1.89. The molecule has 0 amide bonds. The Morgan fingerprint density at radius 3 is 2.36 bits per heavy atom. The first-order chi connectivity index (χ1) is 6.92. The van der Waals surface area contributed by atoms with Gasteiger partial charge in [0.2, 0.25) is 5.69 Å². The molecule has 0 bridgehead atoms. The molecule has 1 heteroatoms. The lowest BCUT2D eigenvalue weighted by molar-refractivity contribution is -0.595. The number of pyridine rings is 1. The molecule has 0 atom stereocenters. The summed E-state index contributed by atoms with van der Waals surface area (Å²) in [5.41, 5.74) is 2.30. The van der Waals surface area contributed by atoms with Gasteiger partial charge in [0.15, 0.2) is 12.4 Å². The lowest BCUT2D eigenvalue weighted by Gasteiger charge is -1.98. The van der Waals surface area contributed by atoms with Crippen LogP contribution in [0.2, 0.25) is 0 Å². The summed E-state index contributed by atoms with van der Waals surface area (Å²) in [7, 11) is 0. The molecule has 14 heavy (non-hydrogen) atoms. The first kappa shape index (κ1) is 8.70. The number of hydrogen-bond acceptors (Lipinski definition) is 0. The van der Waals surface area contributed by atoms with Gasteiger partial charge in [-0.3, -0.25) is 0 Å². The van der Waals surface area contributed by atoms with Gasteiger partial charge in [-0.15, -0.1) is 0 Å². The molecule has 68 valence electrons. The van der Waals surface area contributed by atoms with Crippen molar-refractivity contribution in [1.82, 2.24) is 0 Å². The lowest BCUT2D eigenvalue weighted by Crippen LogP contribution is -2.29.